The number of pyridine rings is 1. The first-order valence-electron chi connectivity index (χ1n) is 9.58. The minimum atomic E-state index is -4.90. The van der Waals surface area contributed by atoms with Crippen molar-refractivity contribution in [3.05, 3.63) is 51.9 Å². The van der Waals surface area contributed by atoms with Crippen molar-refractivity contribution in [2.24, 2.45) is 12.5 Å². The average molecular weight is 432 g/mol. The van der Waals surface area contributed by atoms with Crippen LogP contribution in [0.2, 0.25) is 0 Å². The number of nitriles is 1. The molecule has 9 heteroatoms. The monoisotopic (exact) mass is 432 g/mol. The van der Waals surface area contributed by atoms with Crippen LogP contribution in [0.4, 0.5) is 13.2 Å². The molecule has 0 aliphatic rings. The molecule has 0 spiro atoms. The summed E-state index contributed by atoms with van der Waals surface area (Å²) in [5.74, 6) is 0. The number of hydrogen-bond donors (Lipinski definition) is 1. The van der Waals surface area contributed by atoms with Crippen molar-refractivity contribution in [3.63, 3.8) is 0 Å². The second kappa shape index (κ2) is 7.24. The first-order valence-corrected chi connectivity index (χ1v) is 9.58. The van der Waals surface area contributed by atoms with Gasteiger partial charge < -0.3 is 5.11 Å². The van der Waals surface area contributed by atoms with E-state index < -0.39 is 17.3 Å². The number of alkyl halides is 3. The molecule has 31 heavy (non-hydrogen) atoms. The zero-order valence-electron chi connectivity index (χ0n) is 17.9. The highest BCUT2D eigenvalue weighted by Gasteiger charge is 2.51. The van der Waals surface area contributed by atoms with Crippen molar-refractivity contribution in [2.45, 2.75) is 46.0 Å². The van der Waals surface area contributed by atoms with E-state index in [1.807, 2.05) is 26.8 Å². The minimum Gasteiger partial charge on any atom is -0.376 e. The molecule has 0 radical (unpaired) electrons. The smallest absolute Gasteiger partial charge is 0.376 e. The quantitative estimate of drug-likeness (QED) is 0.676. The summed E-state index contributed by atoms with van der Waals surface area (Å²) in [5, 5.41) is 19.5. The number of rotatable bonds is 3. The molecule has 0 saturated heterocycles. The molecule has 1 unspecified atom stereocenters. The largest absolute Gasteiger partial charge is 0.421 e. The summed E-state index contributed by atoms with van der Waals surface area (Å²) in [4.78, 5) is 17.2. The summed E-state index contributed by atoms with van der Waals surface area (Å²) in [6.45, 7) is 7.11. The summed E-state index contributed by atoms with van der Waals surface area (Å²) < 4.78 is 42.9. The van der Waals surface area contributed by atoms with E-state index in [-0.39, 0.29) is 27.9 Å². The molecular formula is C22H23F3N4O2. The summed E-state index contributed by atoms with van der Waals surface area (Å²) in [5.41, 5.74) is -2.52. The van der Waals surface area contributed by atoms with Crippen LogP contribution in [0.15, 0.2) is 35.1 Å². The SMILES string of the molecule is Cn1c(=O)n(CC(C)(C)C)c2ccc(-c3cc(C(C)(O)C(F)(F)F)ccc3C#N)nc21. The second-order valence-electron chi connectivity index (χ2n) is 8.97. The van der Waals surface area contributed by atoms with Gasteiger partial charge in [0.05, 0.1) is 22.8 Å². The van der Waals surface area contributed by atoms with Gasteiger partial charge in [0, 0.05) is 19.2 Å². The fraction of sp³-hybridized carbons (Fsp3) is 0.409. The number of halogens is 3. The minimum absolute atomic E-state index is 0.104. The Balaban J connectivity index is 2.23. The third-order valence-electron chi connectivity index (χ3n) is 5.14. The predicted octanol–water partition coefficient (Wildman–Crippen LogP) is 4.09. The molecule has 0 amide bonds. The third-order valence-corrected chi connectivity index (χ3v) is 5.14. The first-order chi connectivity index (χ1) is 14.2. The number of imidazole rings is 1. The Kier molecular flexibility index (Phi) is 5.27. The van der Waals surface area contributed by atoms with E-state index in [4.69, 9.17) is 0 Å². The van der Waals surface area contributed by atoms with E-state index in [1.54, 1.807) is 23.7 Å². The zero-order chi connectivity index (χ0) is 23.4. The van der Waals surface area contributed by atoms with Gasteiger partial charge in [-0.1, -0.05) is 26.8 Å². The topological polar surface area (TPSA) is 83.8 Å². The normalized spacial score (nSPS) is 14.5. The molecule has 1 N–H and O–H groups in total. The Labute approximate surface area is 177 Å². The number of fused-ring (bicyclic) bond motifs is 1. The number of aliphatic hydroxyl groups is 1. The second-order valence-corrected chi connectivity index (χ2v) is 8.97. The molecule has 2 heterocycles. The van der Waals surface area contributed by atoms with Crippen LogP contribution in [0.25, 0.3) is 22.4 Å². The van der Waals surface area contributed by atoms with Gasteiger partial charge in [0.1, 0.15) is 0 Å². The lowest BCUT2D eigenvalue weighted by Crippen LogP contribution is -2.39. The van der Waals surface area contributed by atoms with Crippen LogP contribution in [-0.4, -0.2) is 25.4 Å². The van der Waals surface area contributed by atoms with Gasteiger partial charge in [-0.2, -0.15) is 18.4 Å². The molecule has 0 bridgehead atoms. The third kappa shape index (κ3) is 3.95. The fourth-order valence-electron chi connectivity index (χ4n) is 3.37. The van der Waals surface area contributed by atoms with E-state index in [1.165, 1.54) is 10.6 Å². The predicted molar refractivity (Wildman–Crippen MR) is 110 cm³/mol. The number of benzene rings is 1. The molecule has 0 fully saturated rings. The maximum Gasteiger partial charge on any atom is 0.421 e. The van der Waals surface area contributed by atoms with Crippen molar-refractivity contribution in [1.29, 1.82) is 5.26 Å². The molecule has 0 aliphatic heterocycles. The fourth-order valence-corrected chi connectivity index (χ4v) is 3.37. The van der Waals surface area contributed by atoms with E-state index in [9.17, 15) is 28.3 Å². The van der Waals surface area contributed by atoms with Crippen LogP contribution in [0.3, 0.4) is 0 Å². The Morgan fingerprint density at radius 2 is 1.77 bits per heavy atom. The molecule has 0 aliphatic carbocycles. The Bertz CT molecular complexity index is 1260. The Hall–Kier alpha value is -3.12. The van der Waals surface area contributed by atoms with Crippen LogP contribution in [0, 0.1) is 16.7 Å². The van der Waals surface area contributed by atoms with Crippen LogP contribution in [0.1, 0.15) is 38.8 Å². The van der Waals surface area contributed by atoms with Crippen molar-refractivity contribution in [1.82, 2.24) is 14.1 Å². The molecule has 6 nitrogen and oxygen atoms in total. The Morgan fingerprint density at radius 3 is 2.32 bits per heavy atom. The summed E-state index contributed by atoms with van der Waals surface area (Å²) in [7, 11) is 1.57. The van der Waals surface area contributed by atoms with Gasteiger partial charge in [0.15, 0.2) is 11.2 Å². The molecule has 2 aromatic heterocycles. The lowest BCUT2D eigenvalue weighted by atomic mass is 9.91. The molecule has 164 valence electrons. The molecule has 0 saturated carbocycles. The van der Waals surface area contributed by atoms with Gasteiger partial charge in [-0.3, -0.25) is 9.13 Å². The Morgan fingerprint density at radius 1 is 1.13 bits per heavy atom. The maximum atomic E-state index is 13.3. The molecule has 3 aromatic rings. The van der Waals surface area contributed by atoms with E-state index in [0.717, 1.165) is 12.1 Å². The number of aryl methyl sites for hydroxylation is 1. The van der Waals surface area contributed by atoms with Crippen LogP contribution < -0.4 is 5.69 Å². The van der Waals surface area contributed by atoms with Crippen molar-refractivity contribution in [2.75, 3.05) is 0 Å². The van der Waals surface area contributed by atoms with E-state index in [0.29, 0.717) is 24.6 Å². The highest BCUT2D eigenvalue weighted by molar-refractivity contribution is 5.78. The van der Waals surface area contributed by atoms with Gasteiger partial charge >= 0.3 is 11.9 Å². The van der Waals surface area contributed by atoms with Crippen molar-refractivity contribution >= 4 is 11.2 Å². The molecule has 1 aromatic carbocycles. The standard InChI is InChI=1S/C22H23F3N4O2/c1-20(2,3)12-29-17-9-8-16(27-18(17)28(5)19(29)30)15-10-14(7-6-13(15)11-26)21(4,31)22(23,24)25/h6-10,31H,12H2,1-5H3. The number of hydrogen-bond acceptors (Lipinski definition) is 4. The highest BCUT2D eigenvalue weighted by Crippen LogP contribution is 2.40. The van der Waals surface area contributed by atoms with Crippen molar-refractivity contribution in [3.8, 4) is 17.3 Å². The van der Waals surface area contributed by atoms with Crippen LogP contribution >= 0.6 is 0 Å². The first kappa shape index (κ1) is 22.6. The average Bonchev–Trinajstić information content (AvgIpc) is 2.89. The molecule has 3 rings (SSSR count). The van der Waals surface area contributed by atoms with Gasteiger partial charge in [-0.15, -0.1) is 0 Å². The van der Waals surface area contributed by atoms with Gasteiger partial charge in [-0.05, 0) is 42.2 Å². The van der Waals surface area contributed by atoms with Gasteiger partial charge in [-0.25, -0.2) is 9.78 Å². The summed E-state index contributed by atoms with van der Waals surface area (Å²) >= 11 is 0. The van der Waals surface area contributed by atoms with E-state index in [2.05, 4.69) is 4.98 Å². The summed E-state index contributed by atoms with van der Waals surface area (Å²) in [6, 6.07) is 8.58. The summed E-state index contributed by atoms with van der Waals surface area (Å²) in [6.07, 6.45) is -4.90. The lowest BCUT2D eigenvalue weighted by Gasteiger charge is -2.27. The van der Waals surface area contributed by atoms with E-state index >= 15 is 0 Å². The van der Waals surface area contributed by atoms with Crippen molar-refractivity contribution < 1.29 is 18.3 Å². The van der Waals surface area contributed by atoms with Crippen LogP contribution in [-0.2, 0) is 19.2 Å². The van der Waals surface area contributed by atoms with Gasteiger partial charge in [0.2, 0.25) is 0 Å². The number of aromatic nitrogens is 3. The van der Waals surface area contributed by atoms with Gasteiger partial charge in [0.25, 0.3) is 0 Å². The molecule has 1 atom stereocenters. The number of nitrogens with zero attached hydrogens (tertiary/aromatic N) is 4. The zero-order valence-corrected chi connectivity index (χ0v) is 17.9. The highest BCUT2D eigenvalue weighted by atomic mass is 19.4. The molecular weight excluding hydrogens is 409 g/mol. The maximum absolute atomic E-state index is 13.3. The lowest BCUT2D eigenvalue weighted by molar-refractivity contribution is -0.258. The van der Waals surface area contributed by atoms with Crippen LogP contribution in [0.5, 0.6) is 0 Å².